The number of aromatic amines is 1. The van der Waals surface area contributed by atoms with Gasteiger partial charge in [0.15, 0.2) is 5.65 Å². The third-order valence-corrected chi connectivity index (χ3v) is 4.65. The maximum atomic E-state index is 12.6. The number of H-pyrrole nitrogens is 1. The first-order valence-corrected chi connectivity index (χ1v) is 8.39. The molecule has 1 amide bonds. The Morgan fingerprint density at radius 2 is 2.32 bits per heavy atom. The van der Waals surface area contributed by atoms with Crippen LogP contribution in [0.15, 0.2) is 31.0 Å². The standard InChI is InChI=1S/C17H20N6O2/c1-23-7-6-19-16(23)14-11(3-2-8-25-14)9-20-17(24)12-4-5-18-15-13(12)21-10-22-15/h4-7,10-11,14H,2-3,8-9H2,1H3,(H,20,24)(H,18,21,22)/t11-,14+/m0/s1. The Kier molecular flexibility index (Phi) is 4.19. The lowest BCUT2D eigenvalue weighted by molar-refractivity contribution is -0.0337. The summed E-state index contributed by atoms with van der Waals surface area (Å²) in [6, 6.07) is 1.70. The third kappa shape index (κ3) is 3.00. The maximum Gasteiger partial charge on any atom is 0.253 e. The fraction of sp³-hybridized carbons (Fsp3) is 0.412. The number of fused-ring (bicyclic) bond motifs is 1. The molecule has 130 valence electrons. The van der Waals surface area contributed by atoms with E-state index in [4.69, 9.17) is 4.74 Å². The number of nitrogens with zero attached hydrogens (tertiary/aromatic N) is 4. The number of amides is 1. The van der Waals surface area contributed by atoms with E-state index < -0.39 is 0 Å². The molecule has 0 aliphatic carbocycles. The van der Waals surface area contributed by atoms with Crippen LogP contribution in [0.3, 0.4) is 0 Å². The number of pyridine rings is 1. The van der Waals surface area contributed by atoms with E-state index in [1.165, 1.54) is 0 Å². The minimum Gasteiger partial charge on any atom is -0.370 e. The van der Waals surface area contributed by atoms with E-state index in [1.807, 2.05) is 17.8 Å². The summed E-state index contributed by atoms with van der Waals surface area (Å²) in [5, 5.41) is 3.03. The molecule has 0 unspecified atom stereocenters. The van der Waals surface area contributed by atoms with Crippen molar-refractivity contribution in [2.75, 3.05) is 13.2 Å². The van der Waals surface area contributed by atoms with Crippen LogP contribution in [-0.2, 0) is 11.8 Å². The second-order valence-electron chi connectivity index (χ2n) is 6.26. The summed E-state index contributed by atoms with van der Waals surface area (Å²) in [5.41, 5.74) is 1.74. The van der Waals surface area contributed by atoms with E-state index in [1.54, 1.807) is 24.8 Å². The van der Waals surface area contributed by atoms with Gasteiger partial charge < -0.3 is 19.6 Å². The molecule has 8 heteroatoms. The van der Waals surface area contributed by atoms with Gasteiger partial charge >= 0.3 is 0 Å². The molecule has 4 heterocycles. The van der Waals surface area contributed by atoms with Crippen molar-refractivity contribution in [1.29, 1.82) is 0 Å². The SMILES string of the molecule is Cn1ccnc1[C@@H]1OCCC[C@H]1CNC(=O)c1ccnc2nc[nH]c12. The second-order valence-corrected chi connectivity index (χ2v) is 6.26. The Labute approximate surface area is 144 Å². The first-order valence-electron chi connectivity index (χ1n) is 8.39. The molecular weight excluding hydrogens is 320 g/mol. The van der Waals surface area contributed by atoms with Crippen molar-refractivity contribution in [3.8, 4) is 0 Å². The van der Waals surface area contributed by atoms with Crippen molar-refractivity contribution >= 4 is 17.1 Å². The highest BCUT2D eigenvalue weighted by Gasteiger charge is 2.30. The average molecular weight is 340 g/mol. The van der Waals surface area contributed by atoms with Gasteiger partial charge in [0.1, 0.15) is 11.9 Å². The molecular formula is C17H20N6O2. The summed E-state index contributed by atoms with van der Waals surface area (Å²) in [7, 11) is 1.96. The fourth-order valence-corrected chi connectivity index (χ4v) is 3.35. The molecule has 2 atom stereocenters. The maximum absolute atomic E-state index is 12.6. The molecule has 0 spiro atoms. The summed E-state index contributed by atoms with van der Waals surface area (Å²) in [6.07, 6.45) is 8.71. The zero-order chi connectivity index (χ0) is 17.2. The van der Waals surface area contributed by atoms with E-state index >= 15 is 0 Å². The molecule has 4 rings (SSSR count). The van der Waals surface area contributed by atoms with Crippen LogP contribution in [0, 0.1) is 5.92 Å². The summed E-state index contributed by atoms with van der Waals surface area (Å²) in [5.74, 6) is 0.956. The van der Waals surface area contributed by atoms with Crippen LogP contribution in [0.5, 0.6) is 0 Å². The summed E-state index contributed by atoms with van der Waals surface area (Å²) < 4.78 is 7.92. The van der Waals surface area contributed by atoms with E-state index in [0.717, 1.165) is 25.3 Å². The van der Waals surface area contributed by atoms with Crippen molar-refractivity contribution in [2.24, 2.45) is 13.0 Å². The normalized spacial score (nSPS) is 20.7. The first kappa shape index (κ1) is 15.8. The van der Waals surface area contributed by atoms with Crippen LogP contribution in [0.2, 0.25) is 0 Å². The van der Waals surface area contributed by atoms with Gasteiger partial charge in [0.25, 0.3) is 5.91 Å². The van der Waals surface area contributed by atoms with Crippen LogP contribution in [0.25, 0.3) is 11.2 Å². The van der Waals surface area contributed by atoms with Crippen molar-refractivity contribution in [3.05, 3.63) is 42.4 Å². The van der Waals surface area contributed by atoms with E-state index in [-0.39, 0.29) is 17.9 Å². The van der Waals surface area contributed by atoms with Crippen LogP contribution < -0.4 is 5.32 Å². The van der Waals surface area contributed by atoms with Crippen LogP contribution in [-0.4, -0.2) is 43.6 Å². The first-order chi connectivity index (χ1) is 12.2. The van der Waals surface area contributed by atoms with Gasteiger partial charge in [0.05, 0.1) is 17.4 Å². The largest absolute Gasteiger partial charge is 0.370 e. The lowest BCUT2D eigenvalue weighted by atomic mass is 9.93. The molecule has 1 aliphatic heterocycles. The predicted octanol–water partition coefficient (Wildman–Crippen LogP) is 1.59. The number of aryl methyl sites for hydroxylation is 1. The number of carbonyl (C=O) groups is 1. The zero-order valence-corrected chi connectivity index (χ0v) is 14.0. The van der Waals surface area contributed by atoms with Crippen LogP contribution in [0.1, 0.15) is 35.1 Å². The second kappa shape index (κ2) is 6.64. The summed E-state index contributed by atoms with van der Waals surface area (Å²) >= 11 is 0. The van der Waals surface area contributed by atoms with Gasteiger partial charge in [-0.3, -0.25) is 4.79 Å². The minimum absolute atomic E-state index is 0.0985. The molecule has 0 radical (unpaired) electrons. The number of hydrogen-bond acceptors (Lipinski definition) is 5. The van der Waals surface area contributed by atoms with E-state index in [9.17, 15) is 4.79 Å². The Bertz CT molecular complexity index is 886. The monoisotopic (exact) mass is 340 g/mol. The van der Waals surface area contributed by atoms with Crippen molar-refractivity contribution < 1.29 is 9.53 Å². The van der Waals surface area contributed by atoms with Crippen LogP contribution in [0.4, 0.5) is 0 Å². The number of nitrogens with one attached hydrogen (secondary N) is 2. The molecule has 1 saturated heterocycles. The molecule has 0 saturated carbocycles. The molecule has 1 aliphatic rings. The molecule has 0 aromatic carbocycles. The minimum atomic E-state index is -0.138. The van der Waals surface area contributed by atoms with E-state index in [0.29, 0.717) is 23.3 Å². The highest BCUT2D eigenvalue weighted by atomic mass is 16.5. The van der Waals surface area contributed by atoms with Gasteiger partial charge in [-0.1, -0.05) is 0 Å². The zero-order valence-electron chi connectivity index (χ0n) is 14.0. The number of rotatable bonds is 4. The summed E-state index contributed by atoms with van der Waals surface area (Å²) in [6.45, 7) is 1.26. The molecule has 2 N–H and O–H groups in total. The molecule has 0 bridgehead atoms. The molecule has 1 fully saturated rings. The quantitative estimate of drug-likeness (QED) is 0.751. The third-order valence-electron chi connectivity index (χ3n) is 4.65. The number of hydrogen-bond donors (Lipinski definition) is 2. The summed E-state index contributed by atoms with van der Waals surface area (Å²) in [4.78, 5) is 28.2. The predicted molar refractivity (Wildman–Crippen MR) is 90.8 cm³/mol. The van der Waals surface area contributed by atoms with Gasteiger partial charge in [-0.15, -0.1) is 0 Å². The van der Waals surface area contributed by atoms with Gasteiger partial charge in [-0.25, -0.2) is 15.0 Å². The van der Waals surface area contributed by atoms with Gasteiger partial charge in [-0.2, -0.15) is 0 Å². The lowest BCUT2D eigenvalue weighted by Crippen LogP contribution is -2.36. The number of carbonyl (C=O) groups excluding carboxylic acids is 1. The van der Waals surface area contributed by atoms with Crippen LogP contribution >= 0.6 is 0 Å². The van der Waals surface area contributed by atoms with Gasteiger partial charge in [0, 0.05) is 44.7 Å². The highest BCUT2D eigenvalue weighted by Crippen LogP contribution is 2.32. The number of aromatic nitrogens is 5. The van der Waals surface area contributed by atoms with Crippen molar-refractivity contribution in [2.45, 2.75) is 18.9 Å². The lowest BCUT2D eigenvalue weighted by Gasteiger charge is -2.31. The average Bonchev–Trinajstić information content (AvgIpc) is 3.28. The number of ether oxygens (including phenoxy) is 1. The molecule has 25 heavy (non-hydrogen) atoms. The van der Waals surface area contributed by atoms with Gasteiger partial charge in [0.2, 0.25) is 0 Å². The Morgan fingerprint density at radius 1 is 1.40 bits per heavy atom. The van der Waals surface area contributed by atoms with E-state index in [2.05, 4.69) is 25.3 Å². The fourth-order valence-electron chi connectivity index (χ4n) is 3.35. The number of imidazole rings is 2. The smallest absolute Gasteiger partial charge is 0.253 e. The topological polar surface area (TPSA) is 97.7 Å². The van der Waals surface area contributed by atoms with Gasteiger partial charge in [-0.05, 0) is 18.9 Å². The Balaban J connectivity index is 1.48. The van der Waals surface area contributed by atoms with Crippen molar-refractivity contribution in [1.82, 2.24) is 29.8 Å². The Hall–Kier alpha value is -2.74. The highest BCUT2D eigenvalue weighted by molar-refractivity contribution is 6.03. The van der Waals surface area contributed by atoms with Crippen molar-refractivity contribution in [3.63, 3.8) is 0 Å². The molecule has 8 nitrogen and oxygen atoms in total. The Morgan fingerprint density at radius 3 is 3.16 bits per heavy atom. The molecule has 3 aromatic rings. The molecule has 3 aromatic heterocycles.